The van der Waals surface area contributed by atoms with Gasteiger partial charge in [0.05, 0.1) is 17.7 Å². The Bertz CT molecular complexity index is 371. The van der Waals surface area contributed by atoms with E-state index in [0.717, 1.165) is 0 Å². The quantitative estimate of drug-likeness (QED) is 0.780. The molecule has 0 heterocycles. The number of nitrogens with zero attached hydrogens (tertiary/aromatic N) is 1. The van der Waals surface area contributed by atoms with Crippen molar-refractivity contribution in [2.75, 3.05) is 6.54 Å². The molecule has 0 aliphatic rings. The highest BCUT2D eigenvalue weighted by molar-refractivity contribution is 5.32. The van der Waals surface area contributed by atoms with Gasteiger partial charge in [-0.1, -0.05) is 6.07 Å². The fourth-order valence-corrected chi connectivity index (χ4v) is 1.18. The van der Waals surface area contributed by atoms with Gasteiger partial charge in [-0.3, -0.25) is 0 Å². The summed E-state index contributed by atoms with van der Waals surface area (Å²) < 4.78 is 13.3. The maximum atomic E-state index is 13.3. The van der Waals surface area contributed by atoms with Crippen LogP contribution < -0.4 is 5.32 Å². The molecule has 1 aromatic carbocycles. The predicted molar refractivity (Wildman–Crippen MR) is 54.5 cm³/mol. The van der Waals surface area contributed by atoms with E-state index in [1.165, 1.54) is 6.07 Å². The maximum absolute atomic E-state index is 13.3. The number of hydrogen-bond acceptors (Lipinski definition) is 3. The van der Waals surface area contributed by atoms with Gasteiger partial charge in [0.1, 0.15) is 5.82 Å². The summed E-state index contributed by atoms with van der Waals surface area (Å²) >= 11 is 0. The number of aliphatic hydroxyl groups excluding tert-OH is 1. The largest absolute Gasteiger partial charge is 0.392 e. The van der Waals surface area contributed by atoms with Crippen LogP contribution in [0.1, 0.15) is 18.1 Å². The Labute approximate surface area is 88.2 Å². The molecule has 1 rings (SSSR count). The summed E-state index contributed by atoms with van der Waals surface area (Å²) in [4.78, 5) is 0. The number of nitriles is 1. The lowest BCUT2D eigenvalue weighted by atomic mass is 10.1. The van der Waals surface area contributed by atoms with Gasteiger partial charge in [0.25, 0.3) is 0 Å². The Morgan fingerprint density at radius 2 is 2.33 bits per heavy atom. The third kappa shape index (κ3) is 3.66. The third-order valence-corrected chi connectivity index (χ3v) is 1.94. The van der Waals surface area contributed by atoms with Crippen LogP contribution in [0.15, 0.2) is 18.2 Å². The van der Waals surface area contributed by atoms with Gasteiger partial charge in [-0.05, 0) is 19.1 Å². The Morgan fingerprint density at radius 3 is 2.87 bits per heavy atom. The number of benzene rings is 1. The van der Waals surface area contributed by atoms with Crippen LogP contribution in [0.2, 0.25) is 0 Å². The molecule has 0 saturated heterocycles. The number of rotatable bonds is 4. The van der Waals surface area contributed by atoms with Crippen LogP contribution >= 0.6 is 0 Å². The predicted octanol–water partition coefficient (Wildman–Crippen LogP) is 1.17. The Balaban J connectivity index is 2.59. The van der Waals surface area contributed by atoms with Crippen LogP contribution in [-0.4, -0.2) is 17.8 Å². The van der Waals surface area contributed by atoms with Gasteiger partial charge in [0.2, 0.25) is 0 Å². The fourth-order valence-electron chi connectivity index (χ4n) is 1.18. The van der Waals surface area contributed by atoms with Crippen LogP contribution in [-0.2, 0) is 6.54 Å². The Morgan fingerprint density at radius 1 is 1.60 bits per heavy atom. The van der Waals surface area contributed by atoms with E-state index in [1.54, 1.807) is 19.1 Å². The molecule has 1 atom stereocenters. The SMILES string of the molecule is CC(O)CNCc1ccc(C#N)cc1F. The van der Waals surface area contributed by atoms with Gasteiger partial charge in [-0.25, -0.2) is 4.39 Å². The van der Waals surface area contributed by atoms with Gasteiger partial charge in [0.15, 0.2) is 0 Å². The second kappa shape index (κ2) is 5.44. The highest BCUT2D eigenvalue weighted by atomic mass is 19.1. The van der Waals surface area contributed by atoms with E-state index in [2.05, 4.69) is 5.32 Å². The van der Waals surface area contributed by atoms with E-state index < -0.39 is 11.9 Å². The van der Waals surface area contributed by atoms with Crippen molar-refractivity contribution in [3.8, 4) is 6.07 Å². The summed E-state index contributed by atoms with van der Waals surface area (Å²) in [6, 6.07) is 6.22. The van der Waals surface area contributed by atoms with Gasteiger partial charge < -0.3 is 10.4 Å². The minimum atomic E-state index is -0.452. The summed E-state index contributed by atoms with van der Waals surface area (Å²) in [6.45, 7) is 2.42. The molecule has 0 amide bonds. The monoisotopic (exact) mass is 208 g/mol. The fraction of sp³-hybridized carbons (Fsp3) is 0.364. The number of nitrogens with one attached hydrogen (secondary N) is 1. The molecule has 3 nitrogen and oxygen atoms in total. The summed E-state index contributed by atoms with van der Waals surface area (Å²) in [5.74, 6) is -0.396. The molecule has 4 heteroatoms. The number of halogens is 1. The van der Waals surface area contributed by atoms with Crippen molar-refractivity contribution in [3.63, 3.8) is 0 Å². The lowest BCUT2D eigenvalue weighted by molar-refractivity contribution is 0.191. The van der Waals surface area contributed by atoms with Gasteiger partial charge in [0, 0.05) is 18.7 Å². The van der Waals surface area contributed by atoms with E-state index >= 15 is 0 Å². The summed E-state index contributed by atoms with van der Waals surface area (Å²) in [6.07, 6.45) is -0.452. The number of aliphatic hydroxyl groups is 1. The van der Waals surface area contributed by atoms with Crippen molar-refractivity contribution < 1.29 is 9.50 Å². The van der Waals surface area contributed by atoms with Crippen molar-refractivity contribution in [1.29, 1.82) is 5.26 Å². The van der Waals surface area contributed by atoms with E-state index in [0.29, 0.717) is 24.2 Å². The molecule has 0 radical (unpaired) electrons. The molecule has 0 spiro atoms. The molecule has 1 unspecified atom stereocenters. The highest BCUT2D eigenvalue weighted by Gasteiger charge is 2.03. The zero-order valence-electron chi connectivity index (χ0n) is 8.50. The molecule has 1 aromatic rings. The summed E-state index contributed by atoms with van der Waals surface area (Å²) in [5, 5.41) is 20.4. The van der Waals surface area contributed by atoms with Crippen molar-refractivity contribution >= 4 is 0 Å². The van der Waals surface area contributed by atoms with Crippen molar-refractivity contribution in [3.05, 3.63) is 35.1 Å². The lowest BCUT2D eigenvalue weighted by Gasteiger charge is -2.07. The van der Waals surface area contributed by atoms with Crippen LogP contribution in [0.3, 0.4) is 0 Å². The molecule has 0 fully saturated rings. The Hall–Kier alpha value is -1.44. The molecule has 80 valence electrons. The molecule has 0 bridgehead atoms. The first-order valence-electron chi connectivity index (χ1n) is 4.71. The summed E-state index contributed by atoms with van der Waals surface area (Å²) in [5.41, 5.74) is 0.807. The van der Waals surface area contributed by atoms with Gasteiger partial charge >= 0.3 is 0 Å². The van der Waals surface area contributed by atoms with Crippen molar-refractivity contribution in [1.82, 2.24) is 5.32 Å². The van der Waals surface area contributed by atoms with Crippen LogP contribution in [0, 0.1) is 17.1 Å². The van der Waals surface area contributed by atoms with Crippen LogP contribution in [0.25, 0.3) is 0 Å². The van der Waals surface area contributed by atoms with Gasteiger partial charge in [-0.2, -0.15) is 5.26 Å². The molecule has 0 aliphatic carbocycles. The maximum Gasteiger partial charge on any atom is 0.129 e. The topological polar surface area (TPSA) is 56.0 Å². The number of hydrogen-bond donors (Lipinski definition) is 2. The molecular formula is C11H13FN2O. The molecule has 15 heavy (non-hydrogen) atoms. The van der Waals surface area contributed by atoms with Crippen molar-refractivity contribution in [2.24, 2.45) is 0 Å². The first-order chi connectivity index (χ1) is 7.13. The molecular weight excluding hydrogens is 195 g/mol. The molecule has 2 N–H and O–H groups in total. The third-order valence-electron chi connectivity index (χ3n) is 1.94. The van der Waals surface area contributed by atoms with E-state index in [4.69, 9.17) is 10.4 Å². The highest BCUT2D eigenvalue weighted by Crippen LogP contribution is 2.09. The van der Waals surface area contributed by atoms with E-state index in [9.17, 15) is 4.39 Å². The first kappa shape index (κ1) is 11.6. The molecule has 0 aliphatic heterocycles. The van der Waals surface area contributed by atoms with Crippen LogP contribution in [0.5, 0.6) is 0 Å². The minimum Gasteiger partial charge on any atom is -0.392 e. The summed E-state index contributed by atoms with van der Waals surface area (Å²) in [7, 11) is 0. The van der Waals surface area contributed by atoms with E-state index in [-0.39, 0.29) is 0 Å². The van der Waals surface area contributed by atoms with E-state index in [1.807, 2.05) is 6.07 Å². The minimum absolute atomic E-state index is 0.312. The smallest absolute Gasteiger partial charge is 0.129 e. The zero-order chi connectivity index (χ0) is 11.3. The van der Waals surface area contributed by atoms with Crippen molar-refractivity contribution in [2.45, 2.75) is 19.6 Å². The lowest BCUT2D eigenvalue weighted by Crippen LogP contribution is -2.24. The second-order valence-electron chi connectivity index (χ2n) is 3.40. The standard InChI is InChI=1S/C11H13FN2O/c1-8(15)6-14-7-10-3-2-9(5-13)4-11(10)12/h2-4,8,14-15H,6-7H2,1H3. The second-order valence-corrected chi connectivity index (χ2v) is 3.40. The Kier molecular flexibility index (Phi) is 4.22. The molecule has 0 aromatic heterocycles. The van der Waals surface area contributed by atoms with Gasteiger partial charge in [-0.15, -0.1) is 0 Å². The van der Waals surface area contributed by atoms with Crippen LogP contribution in [0.4, 0.5) is 4.39 Å². The normalized spacial score (nSPS) is 12.1. The average molecular weight is 208 g/mol. The molecule has 0 saturated carbocycles. The zero-order valence-corrected chi connectivity index (χ0v) is 8.50. The average Bonchev–Trinajstić information content (AvgIpc) is 2.20. The first-order valence-corrected chi connectivity index (χ1v) is 4.71.